The lowest BCUT2D eigenvalue weighted by atomic mass is 10.5. The van der Waals surface area contributed by atoms with E-state index in [0.717, 1.165) is 6.42 Å². The van der Waals surface area contributed by atoms with Crippen LogP contribution in [-0.2, 0) is 0 Å². The van der Waals surface area contributed by atoms with E-state index < -0.39 is 0 Å². The van der Waals surface area contributed by atoms with E-state index in [2.05, 4.69) is 15.0 Å². The maximum absolute atomic E-state index is 5.09. The molecule has 4 heteroatoms. The van der Waals surface area contributed by atoms with Gasteiger partial charge in [-0.1, -0.05) is 6.92 Å². The summed E-state index contributed by atoms with van der Waals surface area (Å²) >= 11 is 0. The van der Waals surface area contributed by atoms with Crippen molar-refractivity contribution in [3.8, 4) is 6.01 Å². The molecule has 0 aliphatic heterocycles. The van der Waals surface area contributed by atoms with E-state index in [9.17, 15) is 0 Å². The Bertz CT molecular complexity index is 178. The summed E-state index contributed by atoms with van der Waals surface area (Å²) in [6.45, 7) is 2.69. The highest BCUT2D eigenvalue weighted by Crippen LogP contribution is 1.95. The lowest BCUT2D eigenvalue weighted by Gasteiger charge is -1.98. The number of nitrogens with zero attached hydrogens (tertiary/aromatic N) is 3. The minimum Gasteiger partial charge on any atom is -0.463 e. The van der Waals surface area contributed by atoms with Crippen LogP contribution in [0.4, 0.5) is 0 Å². The second-order valence-corrected chi connectivity index (χ2v) is 1.77. The van der Waals surface area contributed by atoms with E-state index in [1.807, 2.05) is 6.92 Å². The van der Waals surface area contributed by atoms with Crippen molar-refractivity contribution in [3.63, 3.8) is 0 Å². The van der Waals surface area contributed by atoms with E-state index in [1.165, 1.54) is 12.7 Å². The molecule has 0 amide bonds. The summed E-state index contributed by atoms with van der Waals surface area (Å²) in [5.74, 6) is 0. The summed E-state index contributed by atoms with van der Waals surface area (Å²) < 4.78 is 5.09. The highest BCUT2D eigenvalue weighted by Gasteiger charge is 1.90. The zero-order chi connectivity index (χ0) is 7.23. The average molecular weight is 139 g/mol. The van der Waals surface area contributed by atoms with E-state index in [4.69, 9.17) is 4.74 Å². The van der Waals surface area contributed by atoms with Crippen LogP contribution < -0.4 is 4.74 Å². The Labute approximate surface area is 59.3 Å². The minimum absolute atomic E-state index is 0.400. The van der Waals surface area contributed by atoms with Crippen LogP contribution in [0.2, 0.25) is 0 Å². The van der Waals surface area contributed by atoms with Gasteiger partial charge >= 0.3 is 6.01 Å². The maximum atomic E-state index is 5.09. The molecule has 10 heavy (non-hydrogen) atoms. The van der Waals surface area contributed by atoms with E-state index in [0.29, 0.717) is 12.6 Å². The molecule has 0 aromatic carbocycles. The molecular formula is C6H9N3O. The number of ether oxygens (including phenoxy) is 1. The van der Waals surface area contributed by atoms with Crippen molar-refractivity contribution >= 4 is 0 Å². The van der Waals surface area contributed by atoms with Gasteiger partial charge in [0.25, 0.3) is 0 Å². The van der Waals surface area contributed by atoms with Crippen LogP contribution >= 0.6 is 0 Å². The Balaban J connectivity index is 2.43. The molecule has 0 atom stereocenters. The van der Waals surface area contributed by atoms with Gasteiger partial charge in [0.05, 0.1) is 6.61 Å². The fourth-order valence-corrected chi connectivity index (χ4v) is 0.496. The number of rotatable bonds is 3. The third kappa shape index (κ3) is 1.97. The number of hydrogen-bond acceptors (Lipinski definition) is 4. The summed E-state index contributed by atoms with van der Waals surface area (Å²) in [5, 5.41) is 0. The number of aromatic nitrogens is 3. The van der Waals surface area contributed by atoms with E-state index in [-0.39, 0.29) is 0 Å². The summed E-state index contributed by atoms with van der Waals surface area (Å²) in [6, 6.07) is 0.400. The second-order valence-electron chi connectivity index (χ2n) is 1.77. The molecule has 0 N–H and O–H groups in total. The Kier molecular flexibility index (Phi) is 2.61. The standard InChI is InChI=1S/C6H9N3O/c1-2-3-10-6-8-4-7-5-9-6/h4-5H,2-3H2,1H3. The van der Waals surface area contributed by atoms with Gasteiger partial charge in [-0.25, -0.2) is 4.98 Å². The van der Waals surface area contributed by atoms with Crippen molar-refractivity contribution in [1.29, 1.82) is 0 Å². The van der Waals surface area contributed by atoms with E-state index in [1.54, 1.807) is 0 Å². The summed E-state index contributed by atoms with van der Waals surface area (Å²) in [7, 11) is 0. The van der Waals surface area contributed by atoms with Crippen molar-refractivity contribution < 1.29 is 4.74 Å². The summed E-state index contributed by atoms with van der Waals surface area (Å²) in [6.07, 6.45) is 3.79. The van der Waals surface area contributed by atoms with Crippen LogP contribution in [0.1, 0.15) is 13.3 Å². The molecule has 0 aliphatic rings. The monoisotopic (exact) mass is 139 g/mol. The van der Waals surface area contributed by atoms with Gasteiger partial charge in [0.2, 0.25) is 0 Å². The molecule has 54 valence electrons. The fourth-order valence-electron chi connectivity index (χ4n) is 0.496. The van der Waals surface area contributed by atoms with Crippen molar-refractivity contribution in [1.82, 2.24) is 15.0 Å². The predicted octanol–water partition coefficient (Wildman–Crippen LogP) is 0.660. The first-order chi connectivity index (χ1) is 4.93. The van der Waals surface area contributed by atoms with Gasteiger partial charge in [0.1, 0.15) is 12.7 Å². The topological polar surface area (TPSA) is 47.9 Å². The molecule has 0 saturated carbocycles. The Hall–Kier alpha value is -1.19. The molecule has 0 spiro atoms. The van der Waals surface area contributed by atoms with Gasteiger partial charge in [-0.05, 0) is 6.42 Å². The van der Waals surface area contributed by atoms with Gasteiger partial charge in [-0.2, -0.15) is 9.97 Å². The van der Waals surface area contributed by atoms with Gasteiger partial charge in [-0.15, -0.1) is 0 Å². The Morgan fingerprint density at radius 2 is 2.10 bits per heavy atom. The molecule has 0 unspecified atom stereocenters. The molecule has 1 aromatic rings. The summed E-state index contributed by atoms with van der Waals surface area (Å²) in [5.41, 5.74) is 0. The third-order valence-electron chi connectivity index (χ3n) is 0.905. The smallest absolute Gasteiger partial charge is 0.319 e. The lowest BCUT2D eigenvalue weighted by Crippen LogP contribution is -1.99. The van der Waals surface area contributed by atoms with Crippen molar-refractivity contribution in [3.05, 3.63) is 12.7 Å². The van der Waals surface area contributed by atoms with Crippen LogP contribution in [-0.4, -0.2) is 21.6 Å². The molecule has 4 nitrogen and oxygen atoms in total. The van der Waals surface area contributed by atoms with Crippen LogP contribution in [0, 0.1) is 0 Å². The van der Waals surface area contributed by atoms with Crippen molar-refractivity contribution in [2.24, 2.45) is 0 Å². The molecule has 1 rings (SSSR count). The molecule has 0 radical (unpaired) electrons. The zero-order valence-electron chi connectivity index (χ0n) is 5.82. The van der Waals surface area contributed by atoms with Crippen molar-refractivity contribution in [2.75, 3.05) is 6.61 Å². The highest BCUT2D eigenvalue weighted by molar-refractivity contribution is 4.86. The maximum Gasteiger partial charge on any atom is 0.319 e. The zero-order valence-corrected chi connectivity index (χ0v) is 5.82. The molecule has 0 fully saturated rings. The highest BCUT2D eigenvalue weighted by atomic mass is 16.5. The molecule has 1 heterocycles. The Morgan fingerprint density at radius 1 is 1.40 bits per heavy atom. The normalized spacial score (nSPS) is 9.30. The van der Waals surface area contributed by atoms with Gasteiger partial charge in [0, 0.05) is 0 Å². The predicted molar refractivity (Wildman–Crippen MR) is 35.6 cm³/mol. The van der Waals surface area contributed by atoms with Crippen LogP contribution in [0.25, 0.3) is 0 Å². The number of hydrogen-bond donors (Lipinski definition) is 0. The van der Waals surface area contributed by atoms with Gasteiger partial charge in [0.15, 0.2) is 0 Å². The first-order valence-corrected chi connectivity index (χ1v) is 3.18. The minimum atomic E-state index is 0.400. The fraction of sp³-hybridized carbons (Fsp3) is 0.500. The van der Waals surface area contributed by atoms with Gasteiger partial charge < -0.3 is 4.74 Å². The van der Waals surface area contributed by atoms with Crippen LogP contribution in [0.3, 0.4) is 0 Å². The SMILES string of the molecule is CCCOc1ncncn1. The van der Waals surface area contributed by atoms with Crippen LogP contribution in [0.5, 0.6) is 6.01 Å². The molecular weight excluding hydrogens is 130 g/mol. The molecule has 0 aliphatic carbocycles. The second kappa shape index (κ2) is 3.76. The van der Waals surface area contributed by atoms with Crippen molar-refractivity contribution in [2.45, 2.75) is 13.3 Å². The molecule has 1 aromatic heterocycles. The first-order valence-electron chi connectivity index (χ1n) is 3.18. The first kappa shape index (κ1) is 6.92. The average Bonchev–Trinajstić information content (AvgIpc) is 2.03. The largest absolute Gasteiger partial charge is 0.463 e. The van der Waals surface area contributed by atoms with E-state index >= 15 is 0 Å². The quantitative estimate of drug-likeness (QED) is 0.617. The summed E-state index contributed by atoms with van der Waals surface area (Å²) in [4.78, 5) is 11.2. The Morgan fingerprint density at radius 3 is 2.70 bits per heavy atom. The molecule has 0 bridgehead atoms. The lowest BCUT2D eigenvalue weighted by molar-refractivity contribution is 0.291. The third-order valence-corrected chi connectivity index (χ3v) is 0.905. The molecule has 0 saturated heterocycles. The van der Waals surface area contributed by atoms with Crippen LogP contribution in [0.15, 0.2) is 12.7 Å². The van der Waals surface area contributed by atoms with Gasteiger partial charge in [-0.3, -0.25) is 0 Å².